The second-order valence-electron chi connectivity index (χ2n) is 7.98. The van der Waals surface area contributed by atoms with E-state index < -0.39 is 22.6 Å². The van der Waals surface area contributed by atoms with Crippen LogP contribution in [0.4, 0.5) is 13.2 Å². The highest BCUT2D eigenvalue weighted by molar-refractivity contribution is 7.86. The van der Waals surface area contributed by atoms with Gasteiger partial charge in [-0.25, -0.2) is 4.84 Å². The number of hydroxylamine groups is 2. The number of carbonyl (C=O) groups excluding carboxylic acids is 1. The Bertz CT molecular complexity index is 1160. The highest BCUT2D eigenvalue weighted by atomic mass is 35.5. The second-order valence-corrected chi connectivity index (χ2v) is 10.4. The Hall–Kier alpha value is -2.07. The van der Waals surface area contributed by atoms with Crippen molar-refractivity contribution in [1.29, 1.82) is 0 Å². The van der Waals surface area contributed by atoms with Gasteiger partial charge in [-0.15, -0.1) is 0 Å². The van der Waals surface area contributed by atoms with Crippen LogP contribution in [0.5, 0.6) is 0 Å². The summed E-state index contributed by atoms with van der Waals surface area (Å²) in [6.07, 6.45) is -3.83. The Morgan fingerprint density at radius 1 is 1.18 bits per heavy atom. The number of alkyl halides is 3. The zero-order valence-electron chi connectivity index (χ0n) is 17.5. The zero-order chi connectivity index (χ0) is 24.1. The minimum Gasteiger partial charge on any atom is -0.347 e. The standard InChI is InChI=1S/C22H19Cl2F3N2O3S/c1-12-5-13(3-4-18(12)20(30)28-17-10-33(31)11-17)19-9-21(22(25,26)27,32-29(19)2)14-6-15(23)8-16(24)7-14/h3-9,17H,10-11H2,1-2H3,(H,28,30). The molecule has 1 fully saturated rings. The minimum atomic E-state index is -4.81. The van der Waals surface area contributed by atoms with Crippen molar-refractivity contribution >= 4 is 45.6 Å². The molecule has 1 atom stereocenters. The second kappa shape index (κ2) is 8.61. The maximum Gasteiger partial charge on any atom is 0.428 e. The maximum absolute atomic E-state index is 14.3. The Labute approximate surface area is 200 Å². The Morgan fingerprint density at radius 2 is 1.82 bits per heavy atom. The van der Waals surface area contributed by atoms with E-state index in [0.717, 1.165) is 11.1 Å². The number of nitrogens with one attached hydrogen (secondary N) is 1. The van der Waals surface area contributed by atoms with Crippen molar-refractivity contribution in [3.63, 3.8) is 0 Å². The third-order valence-corrected chi connectivity index (χ3v) is 7.53. The van der Waals surface area contributed by atoms with Crippen LogP contribution in [0, 0.1) is 6.92 Å². The Balaban J connectivity index is 1.70. The molecule has 0 aromatic heterocycles. The van der Waals surface area contributed by atoms with E-state index in [0.29, 0.717) is 28.2 Å². The molecule has 176 valence electrons. The molecule has 2 aromatic rings. The summed E-state index contributed by atoms with van der Waals surface area (Å²) < 4.78 is 54.1. The van der Waals surface area contributed by atoms with E-state index >= 15 is 0 Å². The monoisotopic (exact) mass is 518 g/mol. The number of aryl methyl sites for hydroxylation is 1. The predicted octanol–water partition coefficient (Wildman–Crippen LogP) is 4.84. The van der Waals surface area contributed by atoms with Crippen LogP contribution in [-0.2, 0) is 21.2 Å². The van der Waals surface area contributed by atoms with Crippen LogP contribution in [0.1, 0.15) is 27.0 Å². The summed E-state index contributed by atoms with van der Waals surface area (Å²) in [4.78, 5) is 17.9. The minimum absolute atomic E-state index is 0.0516. The van der Waals surface area contributed by atoms with Gasteiger partial charge in [-0.05, 0) is 48.9 Å². The lowest BCUT2D eigenvalue weighted by atomic mass is 9.91. The first-order valence-electron chi connectivity index (χ1n) is 9.85. The SMILES string of the molecule is Cc1cc(C2=CC(c3cc(Cl)cc(Cl)c3)(C(F)(F)F)ON2C)ccc1C(=O)NC1CS(=O)C1. The molecular formula is C22H19Cl2F3N2O3S. The molecule has 2 heterocycles. The summed E-state index contributed by atoms with van der Waals surface area (Å²) in [6, 6.07) is 8.27. The summed E-state index contributed by atoms with van der Waals surface area (Å²) in [5.41, 5.74) is -1.45. The molecule has 0 aliphatic carbocycles. The van der Waals surface area contributed by atoms with Crippen molar-refractivity contribution < 1.29 is 27.0 Å². The number of halogens is 5. The molecule has 11 heteroatoms. The summed E-state index contributed by atoms with van der Waals surface area (Å²) in [6.45, 7) is 1.70. The van der Waals surface area contributed by atoms with E-state index in [4.69, 9.17) is 28.0 Å². The third kappa shape index (κ3) is 4.51. The molecule has 0 radical (unpaired) electrons. The molecule has 1 saturated heterocycles. The van der Waals surface area contributed by atoms with E-state index in [2.05, 4.69) is 5.32 Å². The van der Waals surface area contributed by atoms with Crippen LogP contribution < -0.4 is 5.32 Å². The van der Waals surface area contributed by atoms with Crippen LogP contribution in [0.3, 0.4) is 0 Å². The van der Waals surface area contributed by atoms with Gasteiger partial charge in [0.15, 0.2) is 0 Å². The lowest BCUT2D eigenvalue weighted by Gasteiger charge is -2.31. The van der Waals surface area contributed by atoms with E-state index in [-0.39, 0.29) is 33.3 Å². The van der Waals surface area contributed by atoms with Gasteiger partial charge in [0.05, 0.1) is 11.7 Å². The quantitative estimate of drug-likeness (QED) is 0.629. The van der Waals surface area contributed by atoms with Crippen LogP contribution in [0.15, 0.2) is 42.5 Å². The summed E-state index contributed by atoms with van der Waals surface area (Å²) in [7, 11) is 0.480. The molecule has 2 aromatic carbocycles. The van der Waals surface area contributed by atoms with Gasteiger partial charge in [-0.3, -0.25) is 14.1 Å². The van der Waals surface area contributed by atoms with Gasteiger partial charge in [-0.1, -0.05) is 29.3 Å². The van der Waals surface area contributed by atoms with Crippen molar-refractivity contribution in [2.45, 2.75) is 24.7 Å². The first-order chi connectivity index (χ1) is 15.4. The van der Waals surface area contributed by atoms with Crippen molar-refractivity contribution in [2.75, 3.05) is 18.6 Å². The van der Waals surface area contributed by atoms with E-state index in [1.165, 1.54) is 25.2 Å². The van der Waals surface area contributed by atoms with Crippen molar-refractivity contribution in [3.8, 4) is 0 Å². The fourth-order valence-electron chi connectivity index (χ4n) is 3.87. The van der Waals surface area contributed by atoms with Crippen molar-refractivity contribution in [1.82, 2.24) is 10.4 Å². The number of rotatable bonds is 4. The fourth-order valence-corrected chi connectivity index (χ4v) is 5.36. The van der Waals surface area contributed by atoms with Crippen molar-refractivity contribution in [3.05, 3.63) is 74.8 Å². The number of benzene rings is 2. The average molecular weight is 519 g/mol. The first-order valence-corrected chi connectivity index (χ1v) is 12.1. The molecule has 4 rings (SSSR count). The molecular weight excluding hydrogens is 500 g/mol. The molecule has 1 unspecified atom stereocenters. The highest BCUT2D eigenvalue weighted by Crippen LogP contribution is 2.51. The largest absolute Gasteiger partial charge is 0.428 e. The third-order valence-electron chi connectivity index (χ3n) is 5.55. The maximum atomic E-state index is 14.3. The lowest BCUT2D eigenvalue weighted by Crippen LogP contribution is -2.50. The normalized spacial score (nSPS) is 24.9. The van der Waals surface area contributed by atoms with Crippen LogP contribution in [-0.4, -0.2) is 46.0 Å². The van der Waals surface area contributed by atoms with Crippen LogP contribution >= 0.6 is 23.2 Å². The number of carbonyl (C=O) groups is 1. The number of nitrogens with zero attached hydrogens (tertiary/aromatic N) is 1. The van der Waals surface area contributed by atoms with E-state index in [9.17, 15) is 22.2 Å². The molecule has 5 nitrogen and oxygen atoms in total. The Kier molecular flexibility index (Phi) is 6.28. The molecule has 2 aliphatic rings. The molecule has 1 N–H and O–H groups in total. The molecule has 0 spiro atoms. The fraction of sp³-hybridized carbons (Fsp3) is 0.318. The molecule has 0 bridgehead atoms. The van der Waals surface area contributed by atoms with Gasteiger partial charge in [0.25, 0.3) is 5.91 Å². The number of hydrogen-bond acceptors (Lipinski definition) is 4. The van der Waals surface area contributed by atoms with E-state index in [1.54, 1.807) is 25.1 Å². The molecule has 33 heavy (non-hydrogen) atoms. The smallest absolute Gasteiger partial charge is 0.347 e. The van der Waals surface area contributed by atoms with Crippen molar-refractivity contribution in [2.24, 2.45) is 0 Å². The zero-order valence-corrected chi connectivity index (χ0v) is 19.8. The predicted molar refractivity (Wildman–Crippen MR) is 121 cm³/mol. The van der Waals surface area contributed by atoms with Crippen LogP contribution in [0.25, 0.3) is 5.70 Å². The van der Waals surface area contributed by atoms with Gasteiger partial charge in [0.1, 0.15) is 0 Å². The number of amides is 1. The molecule has 1 amide bonds. The Morgan fingerprint density at radius 3 is 2.36 bits per heavy atom. The summed E-state index contributed by atoms with van der Waals surface area (Å²) in [5.74, 6) is 0.527. The number of hydrogen-bond donors (Lipinski definition) is 1. The van der Waals surface area contributed by atoms with Gasteiger partial charge in [-0.2, -0.15) is 13.2 Å². The van der Waals surface area contributed by atoms with Gasteiger partial charge < -0.3 is 5.32 Å². The topological polar surface area (TPSA) is 58.6 Å². The summed E-state index contributed by atoms with van der Waals surface area (Å²) in [5, 5.41) is 3.96. The van der Waals surface area contributed by atoms with Gasteiger partial charge in [0.2, 0.25) is 5.60 Å². The lowest BCUT2D eigenvalue weighted by molar-refractivity contribution is -0.308. The van der Waals surface area contributed by atoms with Gasteiger partial charge in [0, 0.05) is 56.1 Å². The van der Waals surface area contributed by atoms with Gasteiger partial charge >= 0.3 is 6.18 Å². The van der Waals surface area contributed by atoms with Crippen LogP contribution in [0.2, 0.25) is 10.0 Å². The summed E-state index contributed by atoms with van der Waals surface area (Å²) >= 11 is 11.9. The average Bonchev–Trinajstić information content (AvgIpc) is 3.04. The molecule has 0 saturated carbocycles. The first kappa shape index (κ1) is 24.1. The molecule has 2 aliphatic heterocycles. The van der Waals surface area contributed by atoms with E-state index in [1.807, 2.05) is 0 Å². The highest BCUT2D eigenvalue weighted by Gasteiger charge is 2.60.